The van der Waals surface area contributed by atoms with Crippen molar-refractivity contribution in [3.63, 3.8) is 0 Å². The Morgan fingerprint density at radius 3 is 2.54 bits per heavy atom. The van der Waals surface area contributed by atoms with Gasteiger partial charge in [-0.2, -0.15) is 0 Å². The van der Waals surface area contributed by atoms with Crippen molar-refractivity contribution in [1.29, 1.82) is 0 Å². The van der Waals surface area contributed by atoms with E-state index in [9.17, 15) is 20.1 Å². The third-order valence-corrected chi connectivity index (χ3v) is 4.45. The Morgan fingerprint density at radius 2 is 1.88 bits per heavy atom. The molecule has 0 bridgehead atoms. The van der Waals surface area contributed by atoms with E-state index in [1.807, 2.05) is 6.92 Å². The highest BCUT2D eigenvalue weighted by Gasteiger charge is 2.36. The van der Waals surface area contributed by atoms with Crippen LogP contribution in [0.15, 0.2) is 12.2 Å². The highest BCUT2D eigenvalue weighted by Crippen LogP contribution is 2.26. The predicted molar refractivity (Wildman–Crippen MR) is 90.7 cm³/mol. The lowest BCUT2D eigenvalue weighted by atomic mass is 10.0. The molecule has 24 heavy (non-hydrogen) atoms. The summed E-state index contributed by atoms with van der Waals surface area (Å²) in [6, 6.07) is 0. The Kier molecular flexibility index (Phi) is 10.2. The summed E-state index contributed by atoms with van der Waals surface area (Å²) in [6.45, 7) is 1.87. The quantitative estimate of drug-likeness (QED) is 0.319. The molecule has 5 atom stereocenters. The molecule has 0 unspecified atom stereocenters. The van der Waals surface area contributed by atoms with Crippen LogP contribution in [0.25, 0.3) is 0 Å². The van der Waals surface area contributed by atoms with Crippen molar-refractivity contribution in [2.45, 2.75) is 95.2 Å². The van der Waals surface area contributed by atoms with Gasteiger partial charge >= 0.3 is 5.97 Å². The lowest BCUT2D eigenvalue weighted by Gasteiger charge is -2.18. The standard InChI is InChI=1S/C18H32O6/c1-2-13(19)10-11-16-15(21)12-17(24-16)14(20)8-6-4-3-5-7-9-18(22)23/h10-11,13-17,19-21H,2-9,12H2,1H3,(H,22,23)/b11-10+/t13-,14+,15+,16+,17+/m1/s1. The molecule has 0 aliphatic carbocycles. The van der Waals surface area contributed by atoms with E-state index in [1.165, 1.54) is 0 Å². The maximum Gasteiger partial charge on any atom is 0.303 e. The van der Waals surface area contributed by atoms with Gasteiger partial charge in [0.2, 0.25) is 0 Å². The Labute approximate surface area is 144 Å². The summed E-state index contributed by atoms with van der Waals surface area (Å²) in [6.07, 6.45) is 6.89. The van der Waals surface area contributed by atoms with Gasteiger partial charge in [0.15, 0.2) is 0 Å². The van der Waals surface area contributed by atoms with Gasteiger partial charge in [-0.25, -0.2) is 0 Å². The first kappa shape index (κ1) is 21.1. The van der Waals surface area contributed by atoms with Crippen LogP contribution in [0.1, 0.15) is 64.7 Å². The zero-order valence-electron chi connectivity index (χ0n) is 14.5. The molecular weight excluding hydrogens is 312 g/mol. The van der Waals surface area contributed by atoms with Crippen LogP contribution < -0.4 is 0 Å². The second-order valence-corrected chi connectivity index (χ2v) is 6.57. The topological polar surface area (TPSA) is 107 Å². The second kappa shape index (κ2) is 11.6. The van der Waals surface area contributed by atoms with Crippen molar-refractivity contribution in [3.05, 3.63) is 12.2 Å². The van der Waals surface area contributed by atoms with Crippen LogP contribution in [-0.4, -0.2) is 56.9 Å². The van der Waals surface area contributed by atoms with Crippen LogP contribution >= 0.6 is 0 Å². The number of hydrogen-bond acceptors (Lipinski definition) is 5. The third-order valence-electron chi connectivity index (χ3n) is 4.45. The van der Waals surface area contributed by atoms with Crippen LogP contribution in [0.5, 0.6) is 0 Å². The van der Waals surface area contributed by atoms with E-state index in [2.05, 4.69) is 0 Å². The Balaban J connectivity index is 2.18. The lowest BCUT2D eigenvalue weighted by Crippen LogP contribution is -2.26. The van der Waals surface area contributed by atoms with Crippen LogP contribution in [0.3, 0.4) is 0 Å². The predicted octanol–water partition coefficient (Wildman–Crippen LogP) is 2.01. The molecule has 0 aromatic rings. The first-order valence-corrected chi connectivity index (χ1v) is 9.03. The van der Waals surface area contributed by atoms with Gasteiger partial charge in [-0.15, -0.1) is 0 Å². The minimum Gasteiger partial charge on any atom is -0.481 e. The van der Waals surface area contributed by atoms with E-state index in [0.717, 1.165) is 25.7 Å². The molecule has 1 aliphatic rings. The van der Waals surface area contributed by atoms with Crippen LogP contribution in [0, 0.1) is 0 Å². The highest BCUT2D eigenvalue weighted by molar-refractivity contribution is 5.66. The van der Waals surface area contributed by atoms with E-state index in [-0.39, 0.29) is 12.5 Å². The first-order chi connectivity index (χ1) is 11.4. The van der Waals surface area contributed by atoms with Crippen LogP contribution in [0.4, 0.5) is 0 Å². The first-order valence-electron chi connectivity index (χ1n) is 9.03. The van der Waals surface area contributed by atoms with E-state index in [1.54, 1.807) is 12.2 Å². The van der Waals surface area contributed by atoms with Crippen LogP contribution in [0.2, 0.25) is 0 Å². The third kappa shape index (κ3) is 8.24. The monoisotopic (exact) mass is 344 g/mol. The molecule has 1 rings (SSSR count). The fourth-order valence-corrected chi connectivity index (χ4v) is 2.86. The minimum absolute atomic E-state index is 0.220. The zero-order valence-corrected chi connectivity index (χ0v) is 14.5. The molecule has 0 aromatic carbocycles. The van der Waals surface area contributed by atoms with Gasteiger partial charge in [-0.05, 0) is 19.3 Å². The van der Waals surface area contributed by atoms with E-state index >= 15 is 0 Å². The Hall–Kier alpha value is -0.950. The molecule has 140 valence electrons. The van der Waals surface area contributed by atoms with Gasteiger partial charge in [-0.3, -0.25) is 4.79 Å². The highest BCUT2D eigenvalue weighted by atomic mass is 16.5. The number of carboxylic acids is 1. The summed E-state index contributed by atoms with van der Waals surface area (Å²) in [7, 11) is 0. The molecule has 1 fully saturated rings. The van der Waals surface area contributed by atoms with Crippen molar-refractivity contribution in [2.75, 3.05) is 0 Å². The number of carbonyl (C=O) groups is 1. The zero-order chi connectivity index (χ0) is 17.9. The molecule has 6 nitrogen and oxygen atoms in total. The van der Waals surface area contributed by atoms with E-state index < -0.39 is 30.4 Å². The smallest absolute Gasteiger partial charge is 0.303 e. The lowest BCUT2D eigenvalue weighted by molar-refractivity contribution is -0.137. The maximum absolute atomic E-state index is 10.4. The van der Waals surface area contributed by atoms with Gasteiger partial charge in [0.1, 0.15) is 6.10 Å². The van der Waals surface area contributed by atoms with Gasteiger partial charge in [-0.1, -0.05) is 44.8 Å². The molecule has 0 amide bonds. The van der Waals surface area contributed by atoms with Gasteiger partial charge in [0.05, 0.1) is 24.4 Å². The average Bonchev–Trinajstić information content (AvgIpc) is 2.92. The molecule has 1 aliphatic heterocycles. The van der Waals surface area contributed by atoms with E-state index in [0.29, 0.717) is 25.7 Å². The van der Waals surface area contributed by atoms with Gasteiger partial charge in [0, 0.05) is 12.8 Å². The summed E-state index contributed by atoms with van der Waals surface area (Å²) in [5.41, 5.74) is 0. The number of aliphatic carboxylic acids is 1. The summed E-state index contributed by atoms with van der Waals surface area (Å²) < 4.78 is 5.69. The van der Waals surface area contributed by atoms with Crippen molar-refractivity contribution in [1.82, 2.24) is 0 Å². The number of ether oxygens (including phenoxy) is 1. The van der Waals surface area contributed by atoms with Crippen molar-refractivity contribution < 1.29 is 30.0 Å². The number of carboxylic acid groups (broad SMARTS) is 1. The van der Waals surface area contributed by atoms with Crippen molar-refractivity contribution >= 4 is 5.97 Å². The molecule has 1 heterocycles. The SMILES string of the molecule is CC[C@@H](O)/C=C/[C@@H]1O[C@H]([C@@H](O)CCCCCCCC(=O)O)C[C@@H]1O. The largest absolute Gasteiger partial charge is 0.481 e. The van der Waals surface area contributed by atoms with Gasteiger partial charge in [0.25, 0.3) is 0 Å². The summed E-state index contributed by atoms with van der Waals surface area (Å²) >= 11 is 0. The summed E-state index contributed by atoms with van der Waals surface area (Å²) in [4.78, 5) is 10.4. The molecule has 6 heteroatoms. The maximum atomic E-state index is 10.4. The normalized spacial score (nSPS) is 26.8. The molecule has 1 saturated heterocycles. The number of aliphatic hydroxyl groups is 3. The Bertz CT molecular complexity index is 384. The van der Waals surface area contributed by atoms with Gasteiger partial charge < -0.3 is 25.2 Å². The average molecular weight is 344 g/mol. The Morgan fingerprint density at radius 1 is 1.21 bits per heavy atom. The minimum atomic E-state index is -0.752. The van der Waals surface area contributed by atoms with E-state index in [4.69, 9.17) is 9.84 Å². The molecule has 0 radical (unpaired) electrons. The number of rotatable bonds is 12. The molecular formula is C18H32O6. The molecule has 0 aromatic heterocycles. The molecule has 0 spiro atoms. The summed E-state index contributed by atoms with van der Waals surface area (Å²) in [5.74, 6) is -0.752. The molecule has 4 N–H and O–H groups in total. The second-order valence-electron chi connectivity index (χ2n) is 6.57. The number of hydrogen-bond donors (Lipinski definition) is 4. The number of aliphatic hydroxyl groups excluding tert-OH is 3. The fraction of sp³-hybridized carbons (Fsp3) is 0.833. The fourth-order valence-electron chi connectivity index (χ4n) is 2.86. The molecule has 0 saturated carbocycles. The van der Waals surface area contributed by atoms with Crippen molar-refractivity contribution in [2.24, 2.45) is 0 Å². The number of unbranched alkanes of at least 4 members (excludes halogenated alkanes) is 4. The van der Waals surface area contributed by atoms with Crippen molar-refractivity contribution in [3.8, 4) is 0 Å². The van der Waals surface area contributed by atoms with Crippen LogP contribution in [-0.2, 0) is 9.53 Å². The summed E-state index contributed by atoms with van der Waals surface area (Å²) in [5, 5.41) is 38.2.